The number of nitrogens with zero attached hydrogens (tertiary/aromatic N) is 13. The molecule has 8 aliphatic heterocycles. The molecule has 0 radical (unpaired) electrons. The maximum atomic E-state index is 15.4. The van der Waals surface area contributed by atoms with Crippen LogP contribution < -0.4 is 43.5 Å². The number of amides is 1. The van der Waals surface area contributed by atoms with E-state index in [1.807, 2.05) is 101 Å². The number of benzene rings is 4. The fourth-order valence-electron chi connectivity index (χ4n) is 16.8. The van der Waals surface area contributed by atoms with Crippen molar-refractivity contribution >= 4 is 61.6 Å². The number of ether oxygens (including phenoxy) is 6. The summed E-state index contributed by atoms with van der Waals surface area (Å²) < 4.78 is 43.3. The molecule has 4 bridgehead atoms. The average molecular weight is 1180 g/mol. The quantitative estimate of drug-likeness (QED) is 0.108. The zero-order valence-electron chi connectivity index (χ0n) is 50.9. The van der Waals surface area contributed by atoms with E-state index >= 15 is 4.79 Å². The van der Waals surface area contributed by atoms with Crippen molar-refractivity contribution in [3.63, 3.8) is 0 Å². The lowest BCUT2D eigenvalue weighted by atomic mass is 9.71. The molecule has 12 heterocycles. The summed E-state index contributed by atoms with van der Waals surface area (Å²) in [5.41, 5.74) is 1.39. The lowest BCUT2D eigenvalue weighted by molar-refractivity contribution is 0.00846. The predicted molar refractivity (Wildman–Crippen MR) is 331 cm³/mol. The maximum Gasteiger partial charge on any atom is 0.416 e. The summed E-state index contributed by atoms with van der Waals surface area (Å²) >= 11 is 0. The number of piperazine rings is 2. The number of anilines is 2. The molecule has 454 valence electrons. The minimum absolute atomic E-state index is 0.0213. The summed E-state index contributed by atoms with van der Waals surface area (Å²) in [5, 5.41) is 7.39. The zero-order chi connectivity index (χ0) is 59.0. The monoisotopic (exact) mass is 1180 g/mol. The number of hydrogen-bond acceptors (Lipinski definition) is 18. The minimum Gasteiger partial charge on any atom is -0.497 e. The van der Waals surface area contributed by atoms with Crippen LogP contribution in [0.3, 0.4) is 0 Å². The topological polar surface area (TPSA) is 188 Å². The molecular weight excluding hydrogens is 1100 g/mol. The van der Waals surface area contributed by atoms with E-state index in [9.17, 15) is 0 Å². The van der Waals surface area contributed by atoms with Gasteiger partial charge in [-0.15, -0.1) is 0 Å². The number of aryl methyl sites for hydroxylation is 2. The first kappa shape index (κ1) is 54.6. The van der Waals surface area contributed by atoms with E-state index in [1.165, 1.54) is 12.8 Å². The Bertz CT molecular complexity index is 4000. The number of nitrogens with one attached hydrogen (secondary N) is 1. The second kappa shape index (κ2) is 20.7. The first-order valence-electron chi connectivity index (χ1n) is 31.7. The van der Waals surface area contributed by atoms with Crippen LogP contribution in [0.4, 0.5) is 16.4 Å². The lowest BCUT2D eigenvalue weighted by Crippen LogP contribution is -2.68. The van der Waals surface area contributed by atoms with Crippen molar-refractivity contribution in [3.8, 4) is 47.0 Å². The van der Waals surface area contributed by atoms with Crippen molar-refractivity contribution in [1.29, 1.82) is 0 Å². The molecule has 16 rings (SSSR count). The molecule has 8 aliphatic rings. The van der Waals surface area contributed by atoms with Gasteiger partial charge in [-0.25, -0.2) is 4.79 Å². The van der Waals surface area contributed by atoms with Crippen LogP contribution >= 0.6 is 0 Å². The van der Waals surface area contributed by atoms with Crippen molar-refractivity contribution in [2.75, 3.05) is 82.5 Å². The summed E-state index contributed by atoms with van der Waals surface area (Å²) in [6.07, 6.45) is 12.5. The van der Waals surface area contributed by atoms with Gasteiger partial charge in [0.05, 0.1) is 29.8 Å². The van der Waals surface area contributed by atoms with Crippen molar-refractivity contribution < 1.29 is 33.2 Å². The van der Waals surface area contributed by atoms with Crippen LogP contribution in [-0.2, 0) is 14.1 Å². The molecule has 1 amide bonds. The molecule has 0 saturated carbocycles. The third-order valence-electron chi connectivity index (χ3n) is 21.3. The van der Waals surface area contributed by atoms with Gasteiger partial charge in [0.15, 0.2) is 22.9 Å². The molecule has 21 heteroatoms. The van der Waals surface area contributed by atoms with Gasteiger partial charge in [-0.3, -0.25) is 23.8 Å². The Kier molecular flexibility index (Phi) is 13.0. The highest BCUT2D eigenvalue weighted by molar-refractivity contribution is 5.93. The van der Waals surface area contributed by atoms with Gasteiger partial charge in [0.25, 0.3) is 0 Å². The van der Waals surface area contributed by atoms with Gasteiger partial charge in [0, 0.05) is 75.3 Å². The number of fused-ring (bicyclic) bond motifs is 10. The highest BCUT2D eigenvalue weighted by Gasteiger charge is 2.60. The maximum absolute atomic E-state index is 15.4. The van der Waals surface area contributed by atoms with E-state index < -0.39 is 17.0 Å². The Labute approximate surface area is 506 Å². The van der Waals surface area contributed by atoms with Crippen LogP contribution in [-0.4, -0.2) is 167 Å². The fourth-order valence-corrected chi connectivity index (χ4v) is 16.8. The van der Waals surface area contributed by atoms with Crippen LogP contribution in [0.15, 0.2) is 72.8 Å². The van der Waals surface area contributed by atoms with Crippen LogP contribution in [0.1, 0.15) is 97.8 Å². The molecule has 0 spiro atoms. The smallest absolute Gasteiger partial charge is 0.416 e. The van der Waals surface area contributed by atoms with Crippen molar-refractivity contribution in [2.45, 2.75) is 133 Å². The lowest BCUT2D eigenvalue weighted by Gasteiger charge is -2.54. The summed E-state index contributed by atoms with van der Waals surface area (Å²) in [7, 11) is 5.56. The number of hydrogen-bond donors (Lipinski definition) is 1. The molecule has 8 aromatic rings. The van der Waals surface area contributed by atoms with E-state index in [4.69, 9.17) is 58.3 Å². The number of carbonyl (C=O) groups excluding carboxylic acids is 1. The molecule has 4 atom stereocenters. The van der Waals surface area contributed by atoms with E-state index in [0.717, 1.165) is 136 Å². The molecule has 21 nitrogen and oxygen atoms in total. The molecule has 4 aromatic heterocycles. The Morgan fingerprint density at radius 3 is 1.64 bits per heavy atom. The van der Waals surface area contributed by atoms with E-state index in [1.54, 1.807) is 7.11 Å². The molecule has 0 aliphatic carbocycles. The van der Waals surface area contributed by atoms with Crippen LogP contribution in [0.5, 0.6) is 47.0 Å². The third-order valence-corrected chi connectivity index (χ3v) is 21.3. The first-order chi connectivity index (χ1) is 42.2. The molecule has 8 fully saturated rings. The molecule has 87 heavy (non-hydrogen) atoms. The van der Waals surface area contributed by atoms with Gasteiger partial charge >= 0.3 is 30.1 Å². The van der Waals surface area contributed by atoms with Crippen LogP contribution in [0.25, 0.3) is 43.9 Å². The Hall–Kier alpha value is -7.75. The SMILES string of the molecule is COc1cc(Oc2nc3nc(OCC45CCCN4CCC5)nc(N4CC5CCC(C(C)(C)C)(C4)N5C(=O)Oc4cc(Oc5nc6nc(OCC78CCCN7CCC8)nc(N7CC8CCC(C7)N8)c6n5C)c5ccccc5c4)c3n2C)c2ccccc2c1. The van der Waals surface area contributed by atoms with Gasteiger partial charge in [0.2, 0.25) is 0 Å². The average Bonchev–Trinajstić information content (AvgIpc) is 1.66. The van der Waals surface area contributed by atoms with Crippen LogP contribution in [0.2, 0.25) is 0 Å². The molecule has 8 saturated heterocycles. The largest absolute Gasteiger partial charge is 0.497 e. The molecule has 4 unspecified atom stereocenters. The van der Waals surface area contributed by atoms with Crippen molar-refractivity contribution in [3.05, 3.63) is 72.8 Å². The zero-order valence-corrected chi connectivity index (χ0v) is 50.9. The van der Waals surface area contributed by atoms with Crippen molar-refractivity contribution in [2.24, 2.45) is 19.5 Å². The number of imidazole rings is 2. The molecule has 1 N–H and O–H groups in total. The number of methoxy groups -OCH3 is 1. The highest BCUT2D eigenvalue weighted by atomic mass is 16.6. The minimum atomic E-state index is -0.683. The summed E-state index contributed by atoms with van der Waals surface area (Å²) in [5.74, 6) is 3.63. The summed E-state index contributed by atoms with van der Waals surface area (Å²) in [6, 6.07) is 25.6. The Morgan fingerprint density at radius 1 is 0.609 bits per heavy atom. The Balaban J connectivity index is 0.715. The molecule has 4 aromatic carbocycles. The van der Waals surface area contributed by atoms with Gasteiger partial charge in [-0.1, -0.05) is 69.3 Å². The van der Waals surface area contributed by atoms with Gasteiger partial charge < -0.3 is 43.5 Å². The second-order valence-corrected chi connectivity index (χ2v) is 27.2. The van der Waals surface area contributed by atoms with E-state index in [-0.39, 0.29) is 23.1 Å². The van der Waals surface area contributed by atoms with Gasteiger partial charge in [0.1, 0.15) is 47.2 Å². The number of aromatic nitrogens is 8. The molecular formula is C66H78N14O7. The van der Waals surface area contributed by atoms with Crippen LogP contribution in [0, 0.1) is 5.41 Å². The normalized spacial score (nSPS) is 24.0. The fraction of sp³-hybridized carbons (Fsp3) is 0.530. The first-order valence-corrected chi connectivity index (χ1v) is 31.7. The van der Waals surface area contributed by atoms with E-state index in [0.29, 0.717) is 102 Å². The second-order valence-electron chi connectivity index (χ2n) is 27.2. The third kappa shape index (κ3) is 9.13. The standard InChI is InChI=1S/C66H78N14O7/c1-63(2,3)66-26-21-45(37-77(38-66)57-53-55(69-59(73-57)84-40-65-24-13-29-79(65)30-14-25-65)71-61(75(53)5)86-50-33-46(82-6)31-41-15-7-9-17-48(41)50)80(66)62(81)85-47-32-42-16-8-10-18-49(42)51(34-47)87-60-70-54-52(74(60)4)56(76-35-43-19-20-44(36-76)67-43)72-58(68-54)83-39-64-22-11-27-78(64)28-12-23-64/h7-10,15-18,31-34,43-45,67H,11-14,19-30,35-40H2,1-6H3. The van der Waals surface area contributed by atoms with E-state index in [2.05, 4.69) is 45.7 Å². The van der Waals surface area contributed by atoms with Crippen molar-refractivity contribution in [1.82, 2.24) is 59.1 Å². The Morgan fingerprint density at radius 2 is 1.11 bits per heavy atom. The number of rotatable bonds is 14. The predicted octanol–water partition coefficient (Wildman–Crippen LogP) is 10.2. The highest BCUT2D eigenvalue weighted by Crippen LogP contribution is 2.52. The number of carbonyl (C=O) groups is 1. The summed E-state index contributed by atoms with van der Waals surface area (Å²) in [6.45, 7) is 14.7. The van der Waals surface area contributed by atoms with Gasteiger partial charge in [-0.05, 0) is 132 Å². The van der Waals surface area contributed by atoms with Gasteiger partial charge in [-0.2, -0.15) is 29.9 Å². The summed E-state index contributed by atoms with van der Waals surface area (Å²) in [4.78, 5) is 58.0.